The van der Waals surface area contributed by atoms with Crippen molar-refractivity contribution in [1.29, 1.82) is 5.26 Å². The molecule has 7 nitrogen and oxygen atoms in total. The molecular formula is C25H20BrN3O4. The molecule has 0 aliphatic rings. The molecule has 0 atom stereocenters. The Morgan fingerprint density at radius 2 is 1.67 bits per heavy atom. The van der Waals surface area contributed by atoms with E-state index in [1.54, 1.807) is 18.2 Å². The summed E-state index contributed by atoms with van der Waals surface area (Å²) in [4.78, 5) is 24.5. The second-order valence-corrected chi connectivity index (χ2v) is 7.92. The lowest BCUT2D eigenvalue weighted by molar-refractivity contribution is -0.118. The van der Waals surface area contributed by atoms with Crippen LogP contribution >= 0.6 is 15.9 Å². The zero-order valence-corrected chi connectivity index (χ0v) is 19.2. The third-order valence-electron chi connectivity index (χ3n) is 4.45. The fourth-order valence-electron chi connectivity index (χ4n) is 2.76. The number of benzene rings is 3. The molecule has 0 spiro atoms. The number of hydrogen-bond acceptors (Lipinski definition) is 5. The lowest BCUT2D eigenvalue weighted by atomic mass is 10.1. The number of nitriles is 1. The van der Waals surface area contributed by atoms with Gasteiger partial charge in [0.15, 0.2) is 6.61 Å². The Balaban J connectivity index is 1.62. The smallest absolute Gasteiger partial charge is 0.266 e. The number of anilines is 2. The number of amides is 2. The first-order valence-electron chi connectivity index (χ1n) is 9.85. The minimum atomic E-state index is -0.576. The van der Waals surface area contributed by atoms with Crippen molar-refractivity contribution in [1.82, 2.24) is 0 Å². The summed E-state index contributed by atoms with van der Waals surface area (Å²) in [5, 5.41) is 24.1. The van der Waals surface area contributed by atoms with E-state index in [1.807, 2.05) is 37.3 Å². The lowest BCUT2D eigenvalue weighted by Gasteiger charge is -2.10. The average molecular weight is 506 g/mol. The fraction of sp³-hybridized carbons (Fsp3) is 0.0800. The second-order valence-electron chi connectivity index (χ2n) is 7.06. The van der Waals surface area contributed by atoms with Crippen molar-refractivity contribution in [3.05, 3.63) is 87.9 Å². The molecule has 0 saturated carbocycles. The van der Waals surface area contributed by atoms with Gasteiger partial charge in [-0.15, -0.1) is 0 Å². The molecule has 0 fully saturated rings. The molecular weight excluding hydrogens is 486 g/mol. The Kier molecular flexibility index (Phi) is 7.84. The molecule has 0 aliphatic carbocycles. The lowest BCUT2D eigenvalue weighted by Crippen LogP contribution is -2.20. The third-order valence-corrected chi connectivity index (χ3v) is 5.07. The molecule has 2 amide bonds. The third kappa shape index (κ3) is 6.95. The van der Waals surface area contributed by atoms with Crippen molar-refractivity contribution in [2.45, 2.75) is 6.92 Å². The van der Waals surface area contributed by atoms with Gasteiger partial charge in [-0.25, -0.2) is 0 Å². The van der Waals surface area contributed by atoms with Crippen molar-refractivity contribution >= 4 is 45.2 Å². The molecule has 33 heavy (non-hydrogen) atoms. The zero-order valence-electron chi connectivity index (χ0n) is 17.6. The summed E-state index contributed by atoms with van der Waals surface area (Å²) < 4.78 is 6.14. The molecule has 3 aromatic rings. The van der Waals surface area contributed by atoms with Gasteiger partial charge < -0.3 is 20.5 Å². The largest absolute Gasteiger partial charge is 0.508 e. The maximum absolute atomic E-state index is 12.4. The summed E-state index contributed by atoms with van der Waals surface area (Å²) >= 11 is 3.39. The first kappa shape index (κ1) is 23.6. The molecule has 0 unspecified atom stereocenters. The van der Waals surface area contributed by atoms with E-state index < -0.39 is 5.91 Å². The van der Waals surface area contributed by atoms with Crippen LogP contribution in [-0.4, -0.2) is 23.5 Å². The maximum atomic E-state index is 12.4. The standard InChI is InChI=1S/C25H20BrN3O4/c1-16-2-5-19(6-3-16)28-24(31)15-33-23-11-4-17(13-22(23)26)12-18(14-27)25(32)29-20-7-9-21(30)10-8-20/h2-13,30H,15H2,1H3,(H,28,31)(H,29,32)/b18-12+. The van der Waals surface area contributed by atoms with E-state index in [4.69, 9.17) is 4.74 Å². The Morgan fingerprint density at radius 1 is 1.03 bits per heavy atom. The number of rotatable bonds is 7. The molecule has 0 radical (unpaired) electrons. The Bertz CT molecular complexity index is 1230. The first-order chi connectivity index (χ1) is 15.8. The summed E-state index contributed by atoms with van der Waals surface area (Å²) in [5.41, 5.74) is 2.73. The maximum Gasteiger partial charge on any atom is 0.266 e. The number of hydrogen-bond donors (Lipinski definition) is 3. The number of phenolic OH excluding ortho intramolecular Hbond substituents is 1. The van der Waals surface area contributed by atoms with Crippen molar-refractivity contribution in [2.24, 2.45) is 0 Å². The fourth-order valence-corrected chi connectivity index (χ4v) is 3.27. The second kappa shape index (κ2) is 11.0. The van der Waals surface area contributed by atoms with Crippen LogP contribution in [0, 0.1) is 18.3 Å². The van der Waals surface area contributed by atoms with Crippen LogP contribution in [0.25, 0.3) is 6.08 Å². The summed E-state index contributed by atoms with van der Waals surface area (Å²) in [6, 6.07) is 20.2. The van der Waals surface area contributed by atoms with E-state index in [9.17, 15) is 20.0 Å². The van der Waals surface area contributed by atoms with E-state index in [1.165, 1.54) is 30.3 Å². The minimum Gasteiger partial charge on any atom is -0.508 e. The molecule has 0 aromatic heterocycles. The number of ether oxygens (including phenoxy) is 1. The summed E-state index contributed by atoms with van der Waals surface area (Å²) in [6.07, 6.45) is 1.44. The number of nitrogens with one attached hydrogen (secondary N) is 2. The number of halogens is 1. The van der Waals surface area contributed by atoms with E-state index in [0.29, 0.717) is 27.2 Å². The highest BCUT2D eigenvalue weighted by molar-refractivity contribution is 9.10. The molecule has 0 aliphatic heterocycles. The summed E-state index contributed by atoms with van der Waals surface area (Å²) in [5.74, 6) is -0.359. The van der Waals surface area contributed by atoms with Crippen molar-refractivity contribution < 1.29 is 19.4 Å². The Hall–Kier alpha value is -4.09. The van der Waals surface area contributed by atoms with E-state index in [0.717, 1.165) is 5.56 Å². The van der Waals surface area contributed by atoms with Crippen LogP contribution in [0.15, 0.2) is 76.8 Å². The van der Waals surface area contributed by atoms with Crippen LogP contribution in [0.2, 0.25) is 0 Å². The molecule has 166 valence electrons. The zero-order chi connectivity index (χ0) is 23.8. The van der Waals surface area contributed by atoms with Crippen LogP contribution < -0.4 is 15.4 Å². The average Bonchev–Trinajstić information content (AvgIpc) is 2.80. The molecule has 8 heteroatoms. The number of aromatic hydroxyl groups is 1. The van der Waals surface area contributed by atoms with Gasteiger partial charge in [-0.3, -0.25) is 9.59 Å². The van der Waals surface area contributed by atoms with Crippen LogP contribution in [0.3, 0.4) is 0 Å². The van der Waals surface area contributed by atoms with Crippen molar-refractivity contribution in [2.75, 3.05) is 17.2 Å². The van der Waals surface area contributed by atoms with Gasteiger partial charge in [-0.1, -0.05) is 23.8 Å². The Morgan fingerprint density at radius 3 is 2.30 bits per heavy atom. The number of carbonyl (C=O) groups excluding carboxylic acids is 2. The van der Waals surface area contributed by atoms with Gasteiger partial charge in [0.25, 0.3) is 11.8 Å². The van der Waals surface area contributed by atoms with Gasteiger partial charge in [0.2, 0.25) is 0 Å². The number of phenols is 1. The predicted octanol–water partition coefficient (Wildman–Crippen LogP) is 5.03. The van der Waals surface area contributed by atoms with Crippen molar-refractivity contribution in [3.8, 4) is 17.6 Å². The van der Waals surface area contributed by atoms with Gasteiger partial charge in [-0.05, 0) is 83.0 Å². The number of nitrogens with zero attached hydrogens (tertiary/aromatic N) is 1. The van der Waals surface area contributed by atoms with E-state index >= 15 is 0 Å². The van der Waals surface area contributed by atoms with Gasteiger partial charge in [-0.2, -0.15) is 5.26 Å². The van der Waals surface area contributed by atoms with Crippen LogP contribution in [0.1, 0.15) is 11.1 Å². The molecule has 3 N–H and O–H groups in total. The van der Waals surface area contributed by atoms with E-state index in [2.05, 4.69) is 26.6 Å². The SMILES string of the molecule is Cc1ccc(NC(=O)COc2ccc(/C=C(\C#N)C(=O)Nc3ccc(O)cc3)cc2Br)cc1. The molecule has 0 saturated heterocycles. The molecule has 0 heterocycles. The summed E-state index contributed by atoms with van der Waals surface area (Å²) in [7, 11) is 0. The van der Waals surface area contributed by atoms with Gasteiger partial charge in [0.05, 0.1) is 4.47 Å². The highest BCUT2D eigenvalue weighted by atomic mass is 79.9. The van der Waals surface area contributed by atoms with Crippen molar-refractivity contribution in [3.63, 3.8) is 0 Å². The summed E-state index contributed by atoms with van der Waals surface area (Å²) in [6.45, 7) is 1.78. The van der Waals surface area contributed by atoms with Gasteiger partial charge >= 0.3 is 0 Å². The van der Waals surface area contributed by atoms with Crippen LogP contribution in [-0.2, 0) is 9.59 Å². The predicted molar refractivity (Wildman–Crippen MR) is 130 cm³/mol. The van der Waals surface area contributed by atoms with Gasteiger partial charge in [0.1, 0.15) is 23.1 Å². The highest BCUT2D eigenvalue weighted by Gasteiger charge is 2.11. The van der Waals surface area contributed by atoms with Gasteiger partial charge in [0, 0.05) is 11.4 Å². The normalized spacial score (nSPS) is 10.8. The number of aryl methyl sites for hydroxylation is 1. The Labute approximate surface area is 199 Å². The van der Waals surface area contributed by atoms with Crippen LogP contribution in [0.5, 0.6) is 11.5 Å². The minimum absolute atomic E-state index is 0.0730. The first-order valence-corrected chi connectivity index (χ1v) is 10.6. The molecule has 3 rings (SSSR count). The topological polar surface area (TPSA) is 111 Å². The van der Waals surface area contributed by atoms with Crippen LogP contribution in [0.4, 0.5) is 11.4 Å². The monoisotopic (exact) mass is 505 g/mol. The number of carbonyl (C=O) groups is 2. The molecule has 0 bridgehead atoms. The quantitative estimate of drug-likeness (QED) is 0.237. The highest BCUT2D eigenvalue weighted by Crippen LogP contribution is 2.27. The molecule has 3 aromatic carbocycles. The van der Waals surface area contributed by atoms with E-state index in [-0.39, 0.29) is 23.8 Å².